The number of halogens is 1. The zero-order valence-electron chi connectivity index (χ0n) is 18.2. The van der Waals surface area contributed by atoms with Crippen LogP contribution < -0.4 is 0 Å². The molecule has 0 N–H and O–H groups in total. The Hall–Kier alpha value is -2.68. The van der Waals surface area contributed by atoms with Crippen molar-refractivity contribution in [2.45, 2.75) is 25.7 Å². The van der Waals surface area contributed by atoms with Gasteiger partial charge in [0.1, 0.15) is 5.15 Å². The highest BCUT2D eigenvalue weighted by Gasteiger charge is 2.32. The van der Waals surface area contributed by atoms with Crippen LogP contribution in [0.3, 0.4) is 0 Å². The fourth-order valence-corrected chi connectivity index (χ4v) is 5.66. The molecule has 2 heterocycles. The number of carbonyl (C=O) groups excluding carboxylic acids is 1. The molecule has 1 amide bonds. The number of benzene rings is 2. The summed E-state index contributed by atoms with van der Waals surface area (Å²) >= 11 is 6.53. The van der Waals surface area contributed by atoms with E-state index in [4.69, 9.17) is 11.6 Å². The maximum atomic E-state index is 13.2. The molecule has 9 heteroatoms. The van der Waals surface area contributed by atoms with Crippen molar-refractivity contribution in [1.82, 2.24) is 19.0 Å². The van der Waals surface area contributed by atoms with Gasteiger partial charge in [-0.05, 0) is 56.2 Å². The molecule has 7 nitrogen and oxygen atoms in total. The third-order valence-corrected chi connectivity index (χ3v) is 8.10. The average molecular weight is 473 g/mol. The van der Waals surface area contributed by atoms with Gasteiger partial charge in [0, 0.05) is 26.2 Å². The number of piperazine rings is 1. The molecule has 4 rings (SSSR count). The van der Waals surface area contributed by atoms with Crippen LogP contribution in [0.1, 0.15) is 27.2 Å². The summed E-state index contributed by atoms with van der Waals surface area (Å²) in [5.41, 5.74) is 3.63. The fourth-order valence-electron chi connectivity index (χ4n) is 3.80. The molecule has 0 bridgehead atoms. The lowest BCUT2D eigenvalue weighted by molar-refractivity contribution is 0.0697. The van der Waals surface area contributed by atoms with Gasteiger partial charge in [0.25, 0.3) is 5.91 Å². The molecule has 0 radical (unpaired) electrons. The monoisotopic (exact) mass is 472 g/mol. The molecule has 0 atom stereocenters. The SMILES string of the molecule is Cc1ccc(S(=O)(=O)N2CCN(C(=O)c3c(C)nn(-c4ccccc4)c3Cl)CC2)cc1C. The van der Waals surface area contributed by atoms with Gasteiger partial charge in [0.05, 0.1) is 21.8 Å². The Bertz CT molecular complexity index is 1260. The van der Waals surface area contributed by atoms with Crippen LogP contribution in [0.15, 0.2) is 53.4 Å². The highest BCUT2D eigenvalue weighted by Crippen LogP contribution is 2.26. The minimum absolute atomic E-state index is 0.227. The molecule has 1 saturated heterocycles. The van der Waals surface area contributed by atoms with E-state index in [2.05, 4.69) is 5.10 Å². The highest BCUT2D eigenvalue weighted by molar-refractivity contribution is 7.89. The first-order valence-corrected chi connectivity index (χ1v) is 12.2. The summed E-state index contributed by atoms with van der Waals surface area (Å²) in [5.74, 6) is -0.238. The molecule has 0 spiro atoms. The summed E-state index contributed by atoms with van der Waals surface area (Å²) in [6.45, 7) is 6.62. The fraction of sp³-hybridized carbons (Fsp3) is 0.304. The molecule has 168 valence electrons. The van der Waals surface area contributed by atoms with E-state index in [1.54, 1.807) is 28.6 Å². The second-order valence-corrected chi connectivity index (χ2v) is 10.2. The van der Waals surface area contributed by atoms with E-state index in [9.17, 15) is 13.2 Å². The maximum absolute atomic E-state index is 13.2. The summed E-state index contributed by atoms with van der Waals surface area (Å²) in [7, 11) is -3.61. The van der Waals surface area contributed by atoms with Gasteiger partial charge in [-0.1, -0.05) is 35.9 Å². The lowest BCUT2D eigenvalue weighted by atomic mass is 10.1. The largest absolute Gasteiger partial charge is 0.336 e. The number of hydrogen-bond acceptors (Lipinski definition) is 4. The number of aryl methyl sites for hydroxylation is 3. The number of amides is 1. The lowest BCUT2D eigenvalue weighted by Crippen LogP contribution is -2.50. The summed E-state index contributed by atoms with van der Waals surface area (Å²) in [6.07, 6.45) is 0. The van der Waals surface area contributed by atoms with Gasteiger partial charge < -0.3 is 4.90 Å². The van der Waals surface area contributed by atoms with Crippen molar-refractivity contribution in [1.29, 1.82) is 0 Å². The van der Waals surface area contributed by atoms with E-state index in [-0.39, 0.29) is 42.1 Å². The van der Waals surface area contributed by atoms with Gasteiger partial charge in [-0.2, -0.15) is 9.40 Å². The van der Waals surface area contributed by atoms with Gasteiger partial charge in [-0.25, -0.2) is 13.1 Å². The number of nitrogens with zero attached hydrogens (tertiary/aromatic N) is 4. The van der Waals surface area contributed by atoms with Crippen LogP contribution in [0, 0.1) is 20.8 Å². The lowest BCUT2D eigenvalue weighted by Gasteiger charge is -2.34. The summed E-state index contributed by atoms with van der Waals surface area (Å²) in [4.78, 5) is 15.1. The van der Waals surface area contributed by atoms with Gasteiger partial charge >= 0.3 is 0 Å². The molecule has 1 aromatic heterocycles. The first-order chi connectivity index (χ1) is 15.2. The van der Waals surface area contributed by atoms with Crippen molar-refractivity contribution in [3.05, 3.63) is 76.1 Å². The van der Waals surface area contributed by atoms with Crippen molar-refractivity contribution < 1.29 is 13.2 Å². The molecule has 1 fully saturated rings. The Kier molecular flexibility index (Phi) is 6.11. The quantitative estimate of drug-likeness (QED) is 0.581. The van der Waals surface area contributed by atoms with Gasteiger partial charge in [0.2, 0.25) is 10.0 Å². The molecule has 0 aliphatic carbocycles. The Balaban J connectivity index is 1.51. The minimum Gasteiger partial charge on any atom is -0.336 e. The van der Waals surface area contributed by atoms with E-state index in [1.807, 2.05) is 50.2 Å². The van der Waals surface area contributed by atoms with Crippen molar-refractivity contribution in [2.75, 3.05) is 26.2 Å². The van der Waals surface area contributed by atoms with Crippen molar-refractivity contribution in [3.8, 4) is 5.69 Å². The van der Waals surface area contributed by atoms with Gasteiger partial charge in [0.15, 0.2) is 0 Å². The van der Waals surface area contributed by atoms with Crippen LogP contribution >= 0.6 is 11.6 Å². The zero-order chi connectivity index (χ0) is 23.0. The summed E-state index contributed by atoms with van der Waals surface area (Å²) in [6, 6.07) is 14.5. The number of sulfonamides is 1. The van der Waals surface area contributed by atoms with Crippen LogP contribution in [0.4, 0.5) is 0 Å². The van der Waals surface area contributed by atoms with Crippen molar-refractivity contribution in [3.63, 3.8) is 0 Å². The predicted octanol–water partition coefficient (Wildman–Crippen LogP) is 3.60. The first kappa shape index (κ1) is 22.5. The Morgan fingerprint density at radius 2 is 1.59 bits per heavy atom. The van der Waals surface area contributed by atoms with E-state index in [1.165, 1.54) is 4.31 Å². The second kappa shape index (κ2) is 8.69. The van der Waals surface area contributed by atoms with Gasteiger partial charge in [-0.3, -0.25) is 4.79 Å². The highest BCUT2D eigenvalue weighted by atomic mass is 35.5. The van der Waals surface area contributed by atoms with E-state index >= 15 is 0 Å². The number of rotatable bonds is 4. The normalized spacial score (nSPS) is 15.2. The standard InChI is InChI=1S/C23H25ClN4O3S/c1-16-9-10-20(15-17(16)2)32(30,31)27-13-11-26(12-14-27)23(29)21-18(3)25-28(22(21)24)19-7-5-4-6-8-19/h4-10,15H,11-14H2,1-3H3. The smallest absolute Gasteiger partial charge is 0.259 e. The Morgan fingerprint density at radius 1 is 0.938 bits per heavy atom. The molecule has 1 aliphatic heterocycles. The topological polar surface area (TPSA) is 75.5 Å². The number of para-hydroxylation sites is 1. The average Bonchev–Trinajstić information content (AvgIpc) is 3.09. The molecule has 0 unspecified atom stereocenters. The molecule has 3 aromatic rings. The maximum Gasteiger partial charge on any atom is 0.259 e. The van der Waals surface area contributed by atoms with Gasteiger partial charge in [-0.15, -0.1) is 0 Å². The van der Waals surface area contributed by atoms with E-state index in [0.29, 0.717) is 11.3 Å². The van der Waals surface area contributed by atoms with Crippen LogP contribution in [0.5, 0.6) is 0 Å². The predicted molar refractivity (Wildman–Crippen MR) is 124 cm³/mol. The molecular formula is C23H25ClN4O3S. The minimum atomic E-state index is -3.61. The third-order valence-electron chi connectivity index (χ3n) is 5.86. The zero-order valence-corrected chi connectivity index (χ0v) is 19.8. The summed E-state index contributed by atoms with van der Waals surface area (Å²) in [5, 5.41) is 4.69. The molecular weight excluding hydrogens is 448 g/mol. The Morgan fingerprint density at radius 3 is 2.22 bits per heavy atom. The van der Waals surface area contributed by atoms with Crippen LogP contribution in [-0.2, 0) is 10.0 Å². The van der Waals surface area contributed by atoms with Crippen LogP contribution in [-0.4, -0.2) is 59.5 Å². The van der Waals surface area contributed by atoms with Crippen LogP contribution in [0.2, 0.25) is 5.15 Å². The number of hydrogen-bond donors (Lipinski definition) is 0. The Labute approximate surface area is 193 Å². The van der Waals surface area contributed by atoms with E-state index in [0.717, 1.165) is 16.8 Å². The first-order valence-electron chi connectivity index (χ1n) is 10.4. The molecule has 0 saturated carbocycles. The van der Waals surface area contributed by atoms with Crippen molar-refractivity contribution >= 4 is 27.5 Å². The third kappa shape index (κ3) is 4.05. The van der Waals surface area contributed by atoms with E-state index < -0.39 is 10.0 Å². The molecule has 1 aliphatic rings. The molecule has 2 aromatic carbocycles. The number of aromatic nitrogens is 2. The summed E-state index contributed by atoms with van der Waals surface area (Å²) < 4.78 is 29.1. The van der Waals surface area contributed by atoms with Crippen molar-refractivity contribution in [2.24, 2.45) is 0 Å². The van der Waals surface area contributed by atoms with Crippen LogP contribution in [0.25, 0.3) is 5.69 Å². The molecule has 32 heavy (non-hydrogen) atoms. The second-order valence-electron chi connectivity index (χ2n) is 7.94. The number of carbonyl (C=O) groups is 1.